The summed E-state index contributed by atoms with van der Waals surface area (Å²) in [5.74, 6) is -0.410. The number of ether oxygens (including phenoxy) is 4. The van der Waals surface area contributed by atoms with Gasteiger partial charge >= 0.3 is 11.9 Å². The molecule has 0 heterocycles. The summed E-state index contributed by atoms with van der Waals surface area (Å²) in [5, 5.41) is 18.9. The number of aromatic carboxylic acids is 2. The van der Waals surface area contributed by atoms with Crippen molar-refractivity contribution in [3.8, 4) is 23.0 Å². The van der Waals surface area contributed by atoms with Crippen LogP contribution in [0.4, 0.5) is 0 Å². The third kappa shape index (κ3) is 9.61. The highest BCUT2D eigenvalue weighted by Crippen LogP contribution is 2.26. The van der Waals surface area contributed by atoms with E-state index in [1.54, 1.807) is 12.1 Å². The number of hydrogen-bond acceptors (Lipinski definition) is 6. The number of carbonyl (C=O) groups is 2. The van der Waals surface area contributed by atoms with E-state index in [1.807, 2.05) is 60.7 Å². The van der Waals surface area contributed by atoms with Gasteiger partial charge in [-0.3, -0.25) is 0 Å². The molecule has 0 amide bonds. The molecule has 0 aromatic heterocycles. The molecular formula is C33H32O8. The molecule has 41 heavy (non-hydrogen) atoms. The second-order valence-electron chi connectivity index (χ2n) is 9.30. The van der Waals surface area contributed by atoms with Crippen LogP contribution in [0.25, 0.3) is 0 Å². The fourth-order valence-corrected chi connectivity index (χ4v) is 3.97. The van der Waals surface area contributed by atoms with E-state index in [1.165, 1.54) is 24.3 Å². The van der Waals surface area contributed by atoms with Crippen LogP contribution in [0.15, 0.2) is 97.1 Å². The molecule has 0 bridgehead atoms. The Morgan fingerprint density at radius 3 is 1.22 bits per heavy atom. The van der Waals surface area contributed by atoms with E-state index in [9.17, 15) is 19.8 Å². The molecular weight excluding hydrogens is 524 g/mol. The Labute approximate surface area is 238 Å². The average molecular weight is 557 g/mol. The largest absolute Gasteiger partial charge is 0.493 e. The van der Waals surface area contributed by atoms with E-state index in [-0.39, 0.29) is 11.1 Å². The number of unbranched alkanes of at least 4 members (excludes halogenated alkanes) is 2. The summed E-state index contributed by atoms with van der Waals surface area (Å²) >= 11 is 0. The van der Waals surface area contributed by atoms with Crippen molar-refractivity contribution in [2.75, 3.05) is 13.2 Å². The number of hydrogen-bond donors (Lipinski definition) is 2. The van der Waals surface area contributed by atoms with Crippen molar-refractivity contribution in [2.45, 2.75) is 32.5 Å². The average Bonchev–Trinajstić information content (AvgIpc) is 2.99. The third-order valence-corrected chi connectivity index (χ3v) is 6.08. The number of rotatable bonds is 16. The summed E-state index contributed by atoms with van der Waals surface area (Å²) < 4.78 is 23.2. The minimum atomic E-state index is -1.06. The van der Waals surface area contributed by atoms with Crippen LogP contribution in [0.5, 0.6) is 23.0 Å². The van der Waals surface area contributed by atoms with Crippen LogP contribution in [-0.2, 0) is 13.2 Å². The summed E-state index contributed by atoms with van der Waals surface area (Å²) in [5.41, 5.74) is 2.14. The Morgan fingerprint density at radius 2 is 0.854 bits per heavy atom. The van der Waals surface area contributed by atoms with Gasteiger partial charge in [0.15, 0.2) is 0 Å². The monoisotopic (exact) mass is 556 g/mol. The van der Waals surface area contributed by atoms with Crippen molar-refractivity contribution in [3.63, 3.8) is 0 Å². The second-order valence-corrected chi connectivity index (χ2v) is 9.30. The molecule has 0 atom stereocenters. The van der Waals surface area contributed by atoms with E-state index in [0.717, 1.165) is 30.4 Å². The van der Waals surface area contributed by atoms with Crippen LogP contribution in [0.2, 0.25) is 0 Å². The number of benzene rings is 4. The summed E-state index contributed by atoms with van der Waals surface area (Å²) in [6.07, 6.45) is 2.24. The zero-order valence-electron chi connectivity index (χ0n) is 22.5. The topological polar surface area (TPSA) is 112 Å². The van der Waals surface area contributed by atoms with Gasteiger partial charge in [-0.2, -0.15) is 0 Å². The van der Waals surface area contributed by atoms with Gasteiger partial charge in [0.05, 0.1) is 24.3 Å². The third-order valence-electron chi connectivity index (χ3n) is 6.08. The molecule has 0 unspecified atom stereocenters. The van der Waals surface area contributed by atoms with Crippen molar-refractivity contribution >= 4 is 11.9 Å². The Bertz CT molecular complexity index is 1310. The first-order valence-corrected chi connectivity index (χ1v) is 13.3. The quantitative estimate of drug-likeness (QED) is 0.144. The smallest absolute Gasteiger partial charge is 0.335 e. The van der Waals surface area contributed by atoms with E-state index in [2.05, 4.69) is 0 Å². The van der Waals surface area contributed by atoms with Crippen molar-refractivity contribution in [2.24, 2.45) is 0 Å². The molecule has 8 nitrogen and oxygen atoms in total. The highest BCUT2D eigenvalue weighted by molar-refractivity contribution is 5.89. The van der Waals surface area contributed by atoms with Crippen LogP contribution in [0, 0.1) is 0 Å². The van der Waals surface area contributed by atoms with Gasteiger partial charge in [0.1, 0.15) is 36.2 Å². The highest BCUT2D eigenvalue weighted by Gasteiger charge is 2.11. The molecule has 8 heteroatoms. The van der Waals surface area contributed by atoms with Crippen molar-refractivity contribution < 1.29 is 38.7 Å². The lowest BCUT2D eigenvalue weighted by Gasteiger charge is -2.12. The normalized spacial score (nSPS) is 10.5. The van der Waals surface area contributed by atoms with Crippen molar-refractivity contribution in [1.29, 1.82) is 0 Å². The molecule has 212 valence electrons. The Morgan fingerprint density at radius 1 is 0.488 bits per heavy atom. The second kappa shape index (κ2) is 15.0. The van der Waals surface area contributed by atoms with Gasteiger partial charge < -0.3 is 29.2 Å². The van der Waals surface area contributed by atoms with E-state index >= 15 is 0 Å². The molecule has 4 aromatic rings. The van der Waals surface area contributed by atoms with Gasteiger partial charge in [-0.1, -0.05) is 60.7 Å². The van der Waals surface area contributed by atoms with Gasteiger partial charge in [0.2, 0.25) is 0 Å². The molecule has 0 radical (unpaired) electrons. The fraction of sp³-hybridized carbons (Fsp3) is 0.212. The van der Waals surface area contributed by atoms with Crippen LogP contribution in [0.1, 0.15) is 51.1 Å². The molecule has 4 aromatic carbocycles. The van der Waals surface area contributed by atoms with E-state index in [0.29, 0.717) is 49.4 Å². The van der Waals surface area contributed by atoms with Gasteiger partial charge in [-0.15, -0.1) is 0 Å². The van der Waals surface area contributed by atoms with Crippen molar-refractivity contribution in [1.82, 2.24) is 0 Å². The Kier molecular flexibility index (Phi) is 10.6. The van der Waals surface area contributed by atoms with Gasteiger partial charge in [-0.25, -0.2) is 9.59 Å². The van der Waals surface area contributed by atoms with Gasteiger partial charge in [0.25, 0.3) is 0 Å². The summed E-state index contributed by atoms with van der Waals surface area (Å²) in [6.45, 7) is 1.43. The standard InChI is InChI=1S/C33H32O8/c34-32(35)26-16-28(20-30(18-26)40-22-24-10-4-1-5-11-24)38-14-8-3-9-15-39-29-17-27(33(36)37)19-31(21-29)41-23-25-12-6-2-7-13-25/h1-2,4-7,10-13,16-21H,3,8-9,14-15,22-23H2,(H,34,35)(H,36,37). The summed E-state index contributed by atoms with van der Waals surface area (Å²) in [4.78, 5) is 23.1. The first-order valence-electron chi connectivity index (χ1n) is 13.3. The van der Waals surface area contributed by atoms with Crippen molar-refractivity contribution in [3.05, 3.63) is 119 Å². The molecule has 0 aliphatic heterocycles. The van der Waals surface area contributed by atoms with Gasteiger partial charge in [0, 0.05) is 12.1 Å². The molecule has 0 aliphatic rings. The van der Waals surface area contributed by atoms with Crippen LogP contribution in [-0.4, -0.2) is 35.4 Å². The molecule has 0 saturated heterocycles. The zero-order chi connectivity index (χ0) is 28.9. The number of carboxylic acids is 2. The van der Waals surface area contributed by atoms with Crippen LogP contribution < -0.4 is 18.9 Å². The van der Waals surface area contributed by atoms with E-state index in [4.69, 9.17) is 18.9 Å². The minimum absolute atomic E-state index is 0.0923. The maximum Gasteiger partial charge on any atom is 0.335 e. The maximum atomic E-state index is 11.6. The molecule has 0 aliphatic carbocycles. The lowest BCUT2D eigenvalue weighted by atomic mass is 10.2. The molecule has 0 spiro atoms. The molecule has 0 fully saturated rings. The highest BCUT2D eigenvalue weighted by atomic mass is 16.5. The lowest BCUT2D eigenvalue weighted by Crippen LogP contribution is -2.04. The fourth-order valence-electron chi connectivity index (χ4n) is 3.97. The summed E-state index contributed by atoms with van der Waals surface area (Å²) in [7, 11) is 0. The maximum absolute atomic E-state index is 11.6. The zero-order valence-corrected chi connectivity index (χ0v) is 22.5. The SMILES string of the molecule is O=C(O)c1cc(OCCCCCOc2cc(OCc3ccccc3)cc(C(=O)O)c2)cc(OCc2ccccc2)c1. The molecule has 0 saturated carbocycles. The number of carboxylic acid groups (broad SMARTS) is 2. The first-order chi connectivity index (χ1) is 20.0. The van der Waals surface area contributed by atoms with Crippen LogP contribution >= 0.6 is 0 Å². The molecule has 2 N–H and O–H groups in total. The van der Waals surface area contributed by atoms with Crippen LogP contribution in [0.3, 0.4) is 0 Å². The Balaban J connectivity index is 1.22. The Hall–Kier alpha value is -4.98. The van der Waals surface area contributed by atoms with E-state index < -0.39 is 11.9 Å². The summed E-state index contributed by atoms with van der Waals surface area (Å²) in [6, 6.07) is 28.5. The predicted molar refractivity (Wildman–Crippen MR) is 153 cm³/mol. The molecule has 4 rings (SSSR count). The lowest BCUT2D eigenvalue weighted by molar-refractivity contribution is 0.0685. The predicted octanol–water partition coefficient (Wildman–Crippen LogP) is 6.87. The van der Waals surface area contributed by atoms with Gasteiger partial charge in [-0.05, 0) is 54.7 Å². The minimum Gasteiger partial charge on any atom is -0.493 e. The first kappa shape index (κ1) is 29.0.